The molecule has 5 heteroatoms. The van der Waals surface area contributed by atoms with Gasteiger partial charge in [-0.1, -0.05) is 12.1 Å². The van der Waals surface area contributed by atoms with Crippen LogP contribution in [0.3, 0.4) is 0 Å². The summed E-state index contributed by atoms with van der Waals surface area (Å²) in [6.07, 6.45) is 1.35. The molecule has 1 aromatic carbocycles. The van der Waals surface area contributed by atoms with Crippen LogP contribution in [-0.4, -0.2) is 37.0 Å². The number of rotatable bonds is 5. The van der Waals surface area contributed by atoms with Crippen molar-refractivity contribution in [3.8, 4) is 5.75 Å². The molecule has 1 atom stereocenters. The van der Waals surface area contributed by atoms with E-state index in [1.807, 2.05) is 24.3 Å². The first-order chi connectivity index (χ1) is 10.5. The van der Waals surface area contributed by atoms with E-state index in [0.29, 0.717) is 26.1 Å². The van der Waals surface area contributed by atoms with Gasteiger partial charge in [0.1, 0.15) is 11.2 Å². The summed E-state index contributed by atoms with van der Waals surface area (Å²) in [6.45, 7) is 4.90. The van der Waals surface area contributed by atoms with E-state index >= 15 is 0 Å². The third kappa shape index (κ3) is 3.24. The summed E-state index contributed by atoms with van der Waals surface area (Å²) in [5.41, 5.74) is -0.0389. The number of hydrogen-bond acceptors (Lipinski definition) is 4. The van der Waals surface area contributed by atoms with Crippen LogP contribution < -0.4 is 4.74 Å². The van der Waals surface area contributed by atoms with Crippen LogP contribution in [-0.2, 0) is 20.9 Å². The number of methoxy groups -OCH3 is 1. The van der Waals surface area contributed by atoms with E-state index in [-0.39, 0.29) is 5.91 Å². The van der Waals surface area contributed by atoms with Crippen molar-refractivity contribution in [2.24, 2.45) is 5.41 Å². The molecule has 1 fully saturated rings. The fourth-order valence-corrected chi connectivity index (χ4v) is 2.76. The fraction of sp³-hybridized carbons (Fsp3) is 0.529. The molecule has 0 spiro atoms. The van der Waals surface area contributed by atoms with Gasteiger partial charge in [0, 0.05) is 13.1 Å². The molecule has 1 unspecified atom stereocenters. The molecule has 1 heterocycles. The van der Waals surface area contributed by atoms with E-state index in [1.165, 1.54) is 0 Å². The number of nitrogens with zero attached hydrogens (tertiary/aromatic N) is 1. The van der Waals surface area contributed by atoms with E-state index < -0.39 is 11.4 Å². The van der Waals surface area contributed by atoms with Gasteiger partial charge < -0.3 is 14.4 Å². The predicted octanol–water partition coefficient (Wildman–Crippen LogP) is 2.39. The standard InChI is InChI=1S/C17H23NO4/c1-4-22-16(20)17(2)10-5-11-18(15(17)19)12-13-6-8-14(21-3)9-7-13/h6-9H,4-5,10-12H2,1-3H3. The lowest BCUT2D eigenvalue weighted by atomic mass is 9.81. The van der Waals surface area contributed by atoms with Crippen LogP contribution in [0.15, 0.2) is 24.3 Å². The molecule has 1 amide bonds. The molecule has 1 saturated heterocycles. The minimum atomic E-state index is -1.05. The highest BCUT2D eigenvalue weighted by atomic mass is 16.5. The van der Waals surface area contributed by atoms with Crippen LogP contribution in [0, 0.1) is 5.41 Å². The van der Waals surface area contributed by atoms with Crippen molar-refractivity contribution in [1.82, 2.24) is 4.90 Å². The third-order valence-electron chi connectivity index (χ3n) is 4.12. The number of hydrogen-bond donors (Lipinski definition) is 0. The van der Waals surface area contributed by atoms with Gasteiger partial charge in [-0.2, -0.15) is 0 Å². The van der Waals surface area contributed by atoms with Crippen LogP contribution in [0.25, 0.3) is 0 Å². The van der Waals surface area contributed by atoms with Gasteiger partial charge >= 0.3 is 5.97 Å². The number of carbonyl (C=O) groups excluding carboxylic acids is 2. The number of likely N-dealkylation sites (tertiary alicyclic amines) is 1. The Bertz CT molecular complexity index is 540. The van der Waals surface area contributed by atoms with Crippen molar-refractivity contribution in [3.05, 3.63) is 29.8 Å². The summed E-state index contributed by atoms with van der Waals surface area (Å²) in [5, 5.41) is 0. The largest absolute Gasteiger partial charge is 0.497 e. The minimum absolute atomic E-state index is 0.145. The molecule has 1 aliphatic rings. The van der Waals surface area contributed by atoms with Gasteiger partial charge in [-0.25, -0.2) is 0 Å². The molecule has 0 bridgehead atoms. The number of carbonyl (C=O) groups is 2. The van der Waals surface area contributed by atoms with Crippen molar-refractivity contribution >= 4 is 11.9 Å². The monoisotopic (exact) mass is 305 g/mol. The highest BCUT2D eigenvalue weighted by Gasteiger charge is 2.47. The van der Waals surface area contributed by atoms with E-state index in [0.717, 1.165) is 17.7 Å². The van der Waals surface area contributed by atoms with E-state index in [2.05, 4.69) is 0 Å². The SMILES string of the molecule is CCOC(=O)C1(C)CCCN(Cc2ccc(OC)cc2)C1=O. The van der Waals surface area contributed by atoms with Crippen molar-refractivity contribution in [3.63, 3.8) is 0 Å². The topological polar surface area (TPSA) is 55.8 Å². The lowest BCUT2D eigenvalue weighted by Gasteiger charge is -2.37. The fourth-order valence-electron chi connectivity index (χ4n) is 2.76. The molecule has 2 rings (SSSR count). The summed E-state index contributed by atoms with van der Waals surface area (Å²) in [6, 6.07) is 7.60. The summed E-state index contributed by atoms with van der Waals surface area (Å²) < 4.78 is 10.2. The van der Waals surface area contributed by atoms with Crippen molar-refractivity contribution in [2.75, 3.05) is 20.3 Å². The number of amides is 1. The van der Waals surface area contributed by atoms with E-state index in [4.69, 9.17) is 9.47 Å². The summed E-state index contributed by atoms with van der Waals surface area (Å²) in [5.74, 6) is 0.220. The quantitative estimate of drug-likeness (QED) is 0.619. The van der Waals surface area contributed by atoms with Gasteiger partial charge in [-0.3, -0.25) is 9.59 Å². The Morgan fingerprint density at radius 2 is 2.00 bits per heavy atom. The smallest absolute Gasteiger partial charge is 0.321 e. The zero-order chi connectivity index (χ0) is 16.2. The van der Waals surface area contributed by atoms with Gasteiger partial charge in [-0.05, 0) is 44.4 Å². The number of esters is 1. The Labute approximate surface area is 131 Å². The first-order valence-corrected chi connectivity index (χ1v) is 7.61. The van der Waals surface area contributed by atoms with Crippen LogP contribution in [0.1, 0.15) is 32.3 Å². The Hall–Kier alpha value is -2.04. The highest BCUT2D eigenvalue weighted by Crippen LogP contribution is 2.33. The highest BCUT2D eigenvalue weighted by molar-refractivity contribution is 6.02. The number of benzene rings is 1. The van der Waals surface area contributed by atoms with Crippen LogP contribution in [0.5, 0.6) is 5.75 Å². The van der Waals surface area contributed by atoms with Crippen LogP contribution in [0.4, 0.5) is 0 Å². The normalized spacial score (nSPS) is 21.6. The van der Waals surface area contributed by atoms with Gasteiger partial charge in [0.05, 0.1) is 13.7 Å². The maximum atomic E-state index is 12.7. The molecule has 120 valence electrons. The van der Waals surface area contributed by atoms with Gasteiger partial charge in [-0.15, -0.1) is 0 Å². The number of ether oxygens (including phenoxy) is 2. The van der Waals surface area contributed by atoms with Gasteiger partial charge in [0.2, 0.25) is 5.91 Å². The summed E-state index contributed by atoms with van der Waals surface area (Å²) in [7, 11) is 1.62. The molecule has 1 aliphatic heterocycles. The summed E-state index contributed by atoms with van der Waals surface area (Å²) in [4.78, 5) is 26.6. The average Bonchev–Trinajstić information content (AvgIpc) is 2.53. The first kappa shape index (κ1) is 16.3. The molecule has 5 nitrogen and oxygen atoms in total. The molecule has 0 aromatic heterocycles. The molecule has 1 aromatic rings. The van der Waals surface area contributed by atoms with E-state index in [1.54, 1.807) is 25.9 Å². The zero-order valence-electron chi connectivity index (χ0n) is 13.4. The second-order valence-electron chi connectivity index (χ2n) is 5.73. The molecule has 0 aliphatic carbocycles. The molecular formula is C17H23NO4. The zero-order valence-corrected chi connectivity index (χ0v) is 13.4. The van der Waals surface area contributed by atoms with Gasteiger partial charge in [0.25, 0.3) is 0 Å². The molecule has 0 saturated carbocycles. The second kappa shape index (κ2) is 6.81. The number of piperidine rings is 1. The molecule has 0 radical (unpaired) electrons. The van der Waals surface area contributed by atoms with Gasteiger partial charge in [0.15, 0.2) is 0 Å². The second-order valence-corrected chi connectivity index (χ2v) is 5.73. The minimum Gasteiger partial charge on any atom is -0.497 e. The van der Waals surface area contributed by atoms with Crippen molar-refractivity contribution in [1.29, 1.82) is 0 Å². The first-order valence-electron chi connectivity index (χ1n) is 7.61. The van der Waals surface area contributed by atoms with Crippen LogP contribution in [0.2, 0.25) is 0 Å². The predicted molar refractivity (Wildman–Crippen MR) is 82.4 cm³/mol. The van der Waals surface area contributed by atoms with Crippen molar-refractivity contribution < 1.29 is 19.1 Å². The van der Waals surface area contributed by atoms with Crippen molar-refractivity contribution in [2.45, 2.75) is 33.2 Å². The molecule has 0 N–H and O–H groups in total. The van der Waals surface area contributed by atoms with E-state index in [9.17, 15) is 9.59 Å². The Morgan fingerprint density at radius 1 is 1.32 bits per heavy atom. The lowest BCUT2D eigenvalue weighted by molar-refractivity contribution is -0.167. The molecule has 22 heavy (non-hydrogen) atoms. The summed E-state index contributed by atoms with van der Waals surface area (Å²) >= 11 is 0. The maximum absolute atomic E-state index is 12.7. The molecular weight excluding hydrogens is 282 g/mol. The average molecular weight is 305 g/mol. The van der Waals surface area contributed by atoms with Crippen LogP contribution >= 0.6 is 0 Å². The maximum Gasteiger partial charge on any atom is 0.321 e. The Morgan fingerprint density at radius 3 is 2.59 bits per heavy atom. The Balaban J connectivity index is 2.10. The third-order valence-corrected chi connectivity index (χ3v) is 4.12. The Kier molecular flexibility index (Phi) is 5.06. The lowest BCUT2D eigenvalue weighted by Crippen LogP contribution is -2.51.